The van der Waals surface area contributed by atoms with E-state index in [1.807, 2.05) is 43.3 Å². The van der Waals surface area contributed by atoms with E-state index < -0.39 is 31.6 Å². The molecule has 1 fully saturated rings. The Labute approximate surface area is 216 Å². The van der Waals surface area contributed by atoms with Crippen molar-refractivity contribution >= 4 is 37.3 Å². The van der Waals surface area contributed by atoms with Gasteiger partial charge in [-0.1, -0.05) is 41.9 Å². The van der Waals surface area contributed by atoms with Crippen LogP contribution >= 0.6 is 11.6 Å². The third kappa shape index (κ3) is 4.08. The number of nitrogens with zero attached hydrogens (tertiary/aromatic N) is 4. The van der Waals surface area contributed by atoms with Crippen molar-refractivity contribution in [1.82, 2.24) is 15.0 Å². The number of para-hydroxylation sites is 1. The molecule has 0 radical (unpaired) electrons. The lowest BCUT2D eigenvalue weighted by Crippen LogP contribution is -2.44. The number of rotatable bonds is 7. The largest absolute Gasteiger partial charge is 0.396 e. The van der Waals surface area contributed by atoms with E-state index in [1.165, 1.54) is 0 Å². The van der Waals surface area contributed by atoms with Crippen LogP contribution in [0.25, 0.3) is 0 Å². The summed E-state index contributed by atoms with van der Waals surface area (Å²) < 4.78 is 24.3. The zero-order valence-corrected chi connectivity index (χ0v) is 22.3. The smallest absolute Gasteiger partial charge is 0.268 e. The first-order valence-corrected chi connectivity index (χ1v) is 15.6. The summed E-state index contributed by atoms with van der Waals surface area (Å²) in [5.41, 5.74) is 1.09. The average Bonchev–Trinajstić information content (AvgIpc) is 3.47. The second-order valence-corrected chi connectivity index (χ2v) is 14.4. The van der Waals surface area contributed by atoms with Crippen molar-refractivity contribution in [3.05, 3.63) is 71.0 Å². The molecule has 1 amide bonds. The van der Waals surface area contributed by atoms with Gasteiger partial charge in [0.2, 0.25) is 8.41 Å². The van der Waals surface area contributed by atoms with E-state index in [4.69, 9.17) is 21.4 Å². The minimum Gasteiger partial charge on any atom is -0.396 e. The van der Waals surface area contributed by atoms with E-state index in [1.54, 1.807) is 41.0 Å². The van der Waals surface area contributed by atoms with Crippen molar-refractivity contribution in [1.29, 1.82) is 0 Å². The van der Waals surface area contributed by atoms with Crippen molar-refractivity contribution in [2.45, 2.75) is 56.7 Å². The molecule has 0 saturated carbocycles. The highest BCUT2D eigenvalue weighted by molar-refractivity contribution is 6.72. The zero-order chi connectivity index (χ0) is 25.7. The number of fused-ring (bicyclic) bond motifs is 2. The molecule has 0 unspecified atom stereocenters. The molecule has 3 aromatic rings. The van der Waals surface area contributed by atoms with Crippen LogP contribution in [-0.4, -0.2) is 47.1 Å². The maximum atomic E-state index is 15.9. The molecule has 3 heterocycles. The molecule has 7 nitrogen and oxygen atoms in total. The van der Waals surface area contributed by atoms with E-state index in [0.29, 0.717) is 41.4 Å². The number of aliphatic hydroxyl groups is 1. The molecule has 190 valence electrons. The Morgan fingerprint density at radius 2 is 1.97 bits per heavy atom. The number of carbonyl (C=O) groups is 1. The first kappa shape index (κ1) is 25.1. The average molecular weight is 529 g/mol. The fourth-order valence-electron chi connectivity index (χ4n) is 5.98. The summed E-state index contributed by atoms with van der Waals surface area (Å²) in [6, 6.07) is 14.8. The van der Waals surface area contributed by atoms with Gasteiger partial charge >= 0.3 is 0 Å². The molecule has 2 aliphatic rings. The van der Waals surface area contributed by atoms with Crippen LogP contribution in [-0.2, 0) is 28.1 Å². The fourth-order valence-corrected chi connectivity index (χ4v) is 8.70. The summed E-state index contributed by atoms with van der Waals surface area (Å²) in [5.74, 6) is -0.608. The van der Waals surface area contributed by atoms with Crippen LogP contribution < -0.4 is 4.90 Å². The number of amides is 1. The highest BCUT2D eigenvalue weighted by atomic mass is 35.5. The molecule has 2 aliphatic heterocycles. The van der Waals surface area contributed by atoms with Gasteiger partial charge in [0.05, 0.1) is 17.5 Å². The SMILES string of the molecule is C[C@H]1[C@H]([Si](C)(C)F)[C@@H](CCn2cc(CCO)nn2)O[C@]12C(=O)N(c1ccccc1)c1ccc(Cl)cc12. The van der Waals surface area contributed by atoms with Gasteiger partial charge in [-0.05, 0) is 49.8 Å². The molecular weight excluding hydrogens is 499 g/mol. The van der Waals surface area contributed by atoms with Crippen LogP contribution in [0.3, 0.4) is 0 Å². The lowest BCUT2D eigenvalue weighted by Gasteiger charge is -2.31. The summed E-state index contributed by atoms with van der Waals surface area (Å²) in [7, 11) is -3.26. The molecule has 36 heavy (non-hydrogen) atoms. The number of aliphatic hydroxyl groups excluding tert-OH is 1. The van der Waals surface area contributed by atoms with E-state index in [2.05, 4.69) is 10.3 Å². The number of anilines is 2. The quantitative estimate of drug-likeness (QED) is 0.344. The second-order valence-electron chi connectivity index (χ2n) is 10.1. The maximum absolute atomic E-state index is 15.9. The van der Waals surface area contributed by atoms with Crippen LogP contribution in [0.15, 0.2) is 54.7 Å². The molecule has 1 aromatic heterocycles. The van der Waals surface area contributed by atoms with E-state index in [0.717, 1.165) is 5.69 Å². The summed E-state index contributed by atoms with van der Waals surface area (Å²) >= 11 is 6.42. The number of halogens is 2. The summed E-state index contributed by atoms with van der Waals surface area (Å²) in [5, 5.41) is 17.9. The molecular formula is C26H30ClFN4O3Si. The van der Waals surface area contributed by atoms with Gasteiger partial charge in [-0.15, -0.1) is 5.10 Å². The number of aryl methyl sites for hydroxylation is 1. The molecule has 4 atom stereocenters. The van der Waals surface area contributed by atoms with Gasteiger partial charge in [-0.3, -0.25) is 14.4 Å². The normalized spacial score (nSPS) is 25.7. The van der Waals surface area contributed by atoms with Gasteiger partial charge < -0.3 is 14.0 Å². The van der Waals surface area contributed by atoms with Gasteiger partial charge in [0, 0.05) is 53.5 Å². The predicted octanol–water partition coefficient (Wildman–Crippen LogP) is 5.01. The highest BCUT2D eigenvalue weighted by Crippen LogP contribution is 2.61. The lowest BCUT2D eigenvalue weighted by atomic mass is 9.82. The van der Waals surface area contributed by atoms with E-state index in [9.17, 15) is 4.79 Å². The third-order valence-electron chi connectivity index (χ3n) is 7.44. The van der Waals surface area contributed by atoms with Crippen molar-refractivity contribution in [3.63, 3.8) is 0 Å². The van der Waals surface area contributed by atoms with Gasteiger partial charge in [-0.25, -0.2) is 0 Å². The van der Waals surface area contributed by atoms with Gasteiger partial charge in [0.25, 0.3) is 5.91 Å². The standard InChI is InChI=1S/C26H30ClFN4O3Si/c1-17-24(36(2,3)28)23(11-13-31-16-19(12-14-33)29-30-31)35-26(17)21-15-18(27)9-10-22(21)32(25(26)34)20-7-5-4-6-8-20/h4-10,15-17,23-24,33H,11-14H2,1-3H3/t17-,23+,24-,26+/m0/s1. The first-order chi connectivity index (χ1) is 17.2. The molecule has 1 saturated heterocycles. The number of hydrogen-bond donors (Lipinski definition) is 1. The summed E-state index contributed by atoms with van der Waals surface area (Å²) in [6.07, 6.45) is 2.20. The maximum Gasteiger partial charge on any atom is 0.268 e. The lowest BCUT2D eigenvalue weighted by molar-refractivity contribution is -0.145. The van der Waals surface area contributed by atoms with Crippen molar-refractivity contribution in [3.8, 4) is 0 Å². The number of aromatic nitrogens is 3. The minimum absolute atomic E-state index is 0.00380. The monoisotopic (exact) mass is 528 g/mol. The third-order valence-corrected chi connectivity index (χ3v) is 10.1. The molecule has 10 heteroatoms. The Bertz CT molecular complexity index is 1270. The Kier molecular flexibility index (Phi) is 6.53. The molecule has 1 N–H and O–H groups in total. The number of ether oxygens (including phenoxy) is 1. The van der Waals surface area contributed by atoms with E-state index >= 15 is 4.11 Å². The Morgan fingerprint density at radius 1 is 1.22 bits per heavy atom. The number of hydrogen-bond acceptors (Lipinski definition) is 5. The van der Waals surface area contributed by atoms with Gasteiger partial charge in [-0.2, -0.15) is 0 Å². The molecule has 0 aliphatic carbocycles. The van der Waals surface area contributed by atoms with Crippen molar-refractivity contribution in [2.75, 3.05) is 11.5 Å². The second kappa shape index (κ2) is 9.37. The predicted molar refractivity (Wildman–Crippen MR) is 139 cm³/mol. The fraction of sp³-hybridized carbons (Fsp3) is 0.423. The van der Waals surface area contributed by atoms with Gasteiger partial charge in [0.1, 0.15) is 0 Å². The van der Waals surface area contributed by atoms with Crippen LogP contribution in [0.5, 0.6) is 0 Å². The number of benzene rings is 2. The molecule has 0 bridgehead atoms. The summed E-state index contributed by atoms with van der Waals surface area (Å²) in [6.45, 7) is 5.77. The topological polar surface area (TPSA) is 80.5 Å². The van der Waals surface area contributed by atoms with Crippen LogP contribution in [0.4, 0.5) is 15.5 Å². The highest BCUT2D eigenvalue weighted by Gasteiger charge is 2.66. The first-order valence-electron chi connectivity index (χ1n) is 12.2. The Hall–Kier alpha value is -2.59. The Balaban J connectivity index is 1.54. The van der Waals surface area contributed by atoms with E-state index in [-0.39, 0.29) is 12.5 Å². The van der Waals surface area contributed by atoms with Crippen molar-refractivity contribution in [2.24, 2.45) is 5.92 Å². The van der Waals surface area contributed by atoms with Gasteiger partial charge in [0.15, 0.2) is 5.60 Å². The zero-order valence-electron chi connectivity index (χ0n) is 20.6. The summed E-state index contributed by atoms with van der Waals surface area (Å²) in [4.78, 5) is 15.9. The minimum atomic E-state index is -3.26. The van der Waals surface area contributed by atoms with Crippen LogP contribution in [0, 0.1) is 5.92 Å². The molecule has 1 spiro atoms. The molecule has 5 rings (SSSR count). The van der Waals surface area contributed by atoms with Crippen LogP contribution in [0.1, 0.15) is 24.6 Å². The Morgan fingerprint density at radius 3 is 2.67 bits per heavy atom. The number of carbonyl (C=O) groups excluding carboxylic acids is 1. The van der Waals surface area contributed by atoms with Crippen LogP contribution in [0.2, 0.25) is 23.7 Å². The molecule has 2 aromatic carbocycles. The van der Waals surface area contributed by atoms with Crippen molar-refractivity contribution < 1.29 is 18.7 Å².